The number of carbonyl (C=O) groups is 2. The molecule has 2 aromatic heterocycles. The molecule has 3 aliphatic heterocycles. The maximum atomic E-state index is 13.7. The van der Waals surface area contributed by atoms with Gasteiger partial charge in [-0.1, -0.05) is 36.9 Å². The van der Waals surface area contributed by atoms with E-state index in [0.29, 0.717) is 40.4 Å². The molecule has 7 rings (SSSR count). The van der Waals surface area contributed by atoms with Crippen molar-refractivity contribution in [1.29, 1.82) is 0 Å². The monoisotopic (exact) mass is 566 g/mol. The number of amides is 1. The molecule has 3 aliphatic rings. The Morgan fingerprint density at radius 3 is 2.67 bits per heavy atom. The molecule has 4 aromatic rings. The number of fused-ring (bicyclic) bond motifs is 6. The minimum Gasteiger partial charge on any atom is -0.458 e. The van der Waals surface area contributed by atoms with Crippen molar-refractivity contribution in [3.8, 4) is 22.9 Å². The van der Waals surface area contributed by atoms with E-state index >= 15 is 0 Å². The highest BCUT2D eigenvalue weighted by atomic mass is 16.7. The van der Waals surface area contributed by atoms with Crippen molar-refractivity contribution in [2.75, 3.05) is 6.79 Å². The van der Waals surface area contributed by atoms with E-state index in [0.717, 1.165) is 22.6 Å². The van der Waals surface area contributed by atoms with E-state index in [4.69, 9.17) is 24.9 Å². The number of nitrogens with two attached hydrogens (primary N) is 1. The van der Waals surface area contributed by atoms with Crippen LogP contribution in [-0.4, -0.2) is 39.4 Å². The first kappa shape index (κ1) is 25.9. The van der Waals surface area contributed by atoms with E-state index < -0.39 is 23.2 Å². The van der Waals surface area contributed by atoms with Gasteiger partial charge in [0, 0.05) is 29.1 Å². The van der Waals surface area contributed by atoms with Gasteiger partial charge in [0.05, 0.1) is 35.1 Å². The van der Waals surface area contributed by atoms with Gasteiger partial charge in [0.15, 0.2) is 11.5 Å². The van der Waals surface area contributed by atoms with Gasteiger partial charge in [-0.2, -0.15) is 0 Å². The molecule has 212 valence electrons. The molecule has 42 heavy (non-hydrogen) atoms. The highest BCUT2D eigenvalue weighted by molar-refractivity contribution is 5.92. The molecule has 2 aromatic carbocycles. The number of nitrogens with zero attached hydrogens (tertiary/aromatic N) is 2. The van der Waals surface area contributed by atoms with Crippen molar-refractivity contribution in [2.45, 2.75) is 37.8 Å². The van der Waals surface area contributed by atoms with Gasteiger partial charge >= 0.3 is 5.97 Å². The second-order valence-corrected chi connectivity index (χ2v) is 10.5. The molecule has 0 fully saturated rings. The maximum absolute atomic E-state index is 13.7. The standard InChI is InChI=1S/C31H26N4O7/c1-2-31(39)21-10-24-27-19(13-35(24)29(37)20(21)14-40-30(31)38)18(17-9-25-26(42-15-41-25)11-23(17)34-27)12-33-28(36)22(32)8-16-6-4-3-5-7-16/h2-7,9-11,22,39H,1,8,12-15,32H2,(H,33,36)/t22-,31-/m0/s1. The van der Waals surface area contributed by atoms with Crippen LogP contribution in [0, 0.1) is 0 Å². The summed E-state index contributed by atoms with van der Waals surface area (Å²) in [4.78, 5) is 44.1. The first-order valence-electron chi connectivity index (χ1n) is 13.4. The average molecular weight is 567 g/mol. The fraction of sp³-hybridized carbons (Fsp3) is 0.226. The number of ether oxygens (including phenoxy) is 3. The molecule has 0 radical (unpaired) electrons. The number of aromatic nitrogens is 2. The summed E-state index contributed by atoms with van der Waals surface area (Å²) in [5, 5.41) is 14.8. The van der Waals surface area contributed by atoms with Crippen molar-refractivity contribution in [3.05, 3.63) is 99.4 Å². The molecule has 0 unspecified atom stereocenters. The highest BCUT2D eigenvalue weighted by Crippen LogP contribution is 2.42. The molecule has 1 amide bonds. The van der Waals surface area contributed by atoms with Crippen molar-refractivity contribution < 1.29 is 28.9 Å². The largest absolute Gasteiger partial charge is 0.458 e. The van der Waals surface area contributed by atoms with Gasteiger partial charge in [-0.05, 0) is 35.8 Å². The number of pyridine rings is 2. The van der Waals surface area contributed by atoms with E-state index in [1.807, 2.05) is 36.4 Å². The van der Waals surface area contributed by atoms with Gasteiger partial charge in [-0.25, -0.2) is 9.78 Å². The lowest BCUT2D eigenvalue weighted by Crippen LogP contribution is -2.43. The van der Waals surface area contributed by atoms with Crippen LogP contribution in [0.25, 0.3) is 22.3 Å². The van der Waals surface area contributed by atoms with Crippen LogP contribution in [0.4, 0.5) is 0 Å². The molecule has 0 aliphatic carbocycles. The summed E-state index contributed by atoms with van der Waals surface area (Å²) in [7, 11) is 0. The third-order valence-corrected chi connectivity index (χ3v) is 8.10. The van der Waals surface area contributed by atoms with Crippen LogP contribution in [0.1, 0.15) is 27.8 Å². The number of hydrogen-bond acceptors (Lipinski definition) is 9. The Kier molecular flexibility index (Phi) is 5.89. The molecule has 0 saturated heterocycles. The lowest BCUT2D eigenvalue weighted by Gasteiger charge is -2.30. The van der Waals surface area contributed by atoms with E-state index in [-0.39, 0.29) is 43.5 Å². The van der Waals surface area contributed by atoms with Gasteiger partial charge in [0.1, 0.15) is 6.61 Å². The van der Waals surface area contributed by atoms with Crippen molar-refractivity contribution in [1.82, 2.24) is 14.9 Å². The number of esters is 1. The summed E-state index contributed by atoms with van der Waals surface area (Å²) in [6.45, 7) is 3.68. The zero-order valence-electron chi connectivity index (χ0n) is 22.4. The first-order valence-corrected chi connectivity index (χ1v) is 13.4. The van der Waals surface area contributed by atoms with E-state index in [1.54, 1.807) is 12.1 Å². The predicted octanol–water partition coefficient (Wildman–Crippen LogP) is 1.77. The predicted molar refractivity (Wildman–Crippen MR) is 151 cm³/mol. The van der Waals surface area contributed by atoms with Crippen LogP contribution in [0.2, 0.25) is 0 Å². The number of carbonyl (C=O) groups excluding carboxylic acids is 2. The minimum atomic E-state index is -2.17. The molecule has 0 saturated carbocycles. The number of rotatable bonds is 6. The van der Waals surface area contributed by atoms with Crippen LogP contribution in [-0.2, 0) is 46.0 Å². The Hall–Kier alpha value is -5.00. The Morgan fingerprint density at radius 1 is 1.14 bits per heavy atom. The normalized spacial score (nSPS) is 18.6. The first-order chi connectivity index (χ1) is 20.3. The second kappa shape index (κ2) is 9.54. The minimum absolute atomic E-state index is 0.0758. The van der Waals surface area contributed by atoms with Crippen LogP contribution < -0.4 is 26.1 Å². The number of cyclic esters (lactones) is 1. The third-order valence-electron chi connectivity index (χ3n) is 8.10. The quantitative estimate of drug-likeness (QED) is 0.206. The van der Waals surface area contributed by atoms with Gasteiger partial charge < -0.3 is 34.9 Å². The SMILES string of the molecule is C=C[C@@]1(O)C(=O)OCc2c1cc1n(c2=O)Cc2c-1nc1cc3c(cc1c2CNC(=O)[C@@H](N)Cc1ccccc1)OCO3. The van der Waals surface area contributed by atoms with Crippen molar-refractivity contribution in [2.24, 2.45) is 5.73 Å². The molecule has 0 bridgehead atoms. The summed E-state index contributed by atoms with van der Waals surface area (Å²) in [6.07, 6.45) is 1.44. The Bertz CT molecular complexity index is 1880. The molecule has 0 spiro atoms. The number of benzene rings is 2. The number of nitrogens with one attached hydrogen (secondary N) is 1. The van der Waals surface area contributed by atoms with Gasteiger partial charge in [0.2, 0.25) is 18.3 Å². The van der Waals surface area contributed by atoms with Crippen LogP contribution in [0.3, 0.4) is 0 Å². The van der Waals surface area contributed by atoms with Gasteiger partial charge in [-0.15, -0.1) is 0 Å². The van der Waals surface area contributed by atoms with E-state index in [2.05, 4.69) is 11.9 Å². The Morgan fingerprint density at radius 2 is 1.90 bits per heavy atom. The van der Waals surface area contributed by atoms with Crippen molar-refractivity contribution >= 4 is 22.8 Å². The average Bonchev–Trinajstić information content (AvgIpc) is 3.61. The maximum Gasteiger partial charge on any atom is 0.347 e. The summed E-state index contributed by atoms with van der Waals surface area (Å²) in [5.74, 6) is -0.151. The molecule has 4 N–H and O–H groups in total. The van der Waals surface area contributed by atoms with Crippen LogP contribution >= 0.6 is 0 Å². The van der Waals surface area contributed by atoms with E-state index in [1.165, 1.54) is 4.57 Å². The molecule has 5 heterocycles. The molecule has 2 atom stereocenters. The fourth-order valence-corrected chi connectivity index (χ4v) is 5.84. The van der Waals surface area contributed by atoms with Crippen molar-refractivity contribution in [3.63, 3.8) is 0 Å². The summed E-state index contributed by atoms with van der Waals surface area (Å²) in [6, 6.07) is 13.9. The molecule has 11 heteroatoms. The second-order valence-electron chi connectivity index (χ2n) is 10.5. The fourth-order valence-electron chi connectivity index (χ4n) is 5.84. The highest BCUT2D eigenvalue weighted by Gasteiger charge is 2.44. The summed E-state index contributed by atoms with van der Waals surface area (Å²) in [5.41, 5.74) is 7.83. The van der Waals surface area contributed by atoms with E-state index in [9.17, 15) is 19.5 Å². The van der Waals surface area contributed by atoms with Crippen LogP contribution in [0.5, 0.6) is 11.5 Å². The lowest BCUT2D eigenvalue weighted by molar-refractivity contribution is -0.165. The van der Waals surface area contributed by atoms with Crippen LogP contribution in [0.15, 0.2) is 66.0 Å². The molecule has 11 nitrogen and oxygen atoms in total. The zero-order chi connectivity index (χ0) is 29.2. The zero-order valence-corrected chi connectivity index (χ0v) is 22.4. The molecular weight excluding hydrogens is 540 g/mol. The lowest BCUT2D eigenvalue weighted by atomic mass is 9.88. The Labute approximate surface area is 239 Å². The summed E-state index contributed by atoms with van der Waals surface area (Å²) >= 11 is 0. The molecular formula is C31H26N4O7. The number of aliphatic hydroxyl groups is 1. The Balaban J connectivity index is 1.33. The van der Waals surface area contributed by atoms with Gasteiger partial charge in [-0.3, -0.25) is 9.59 Å². The van der Waals surface area contributed by atoms with Gasteiger partial charge in [0.25, 0.3) is 5.56 Å². The summed E-state index contributed by atoms with van der Waals surface area (Å²) < 4.78 is 17.8. The topological polar surface area (TPSA) is 155 Å². The third kappa shape index (κ3) is 3.89. The smallest absolute Gasteiger partial charge is 0.347 e. The number of hydrogen-bond donors (Lipinski definition) is 3.